The number of hydrogen-bond acceptors (Lipinski definition) is 3. The first-order chi connectivity index (χ1) is 11.8. The number of likely N-dealkylation sites (N-methyl/N-ethyl adjacent to an activating group) is 1. The number of nitrogens with zero attached hydrogens (tertiary/aromatic N) is 1. The van der Waals surface area contributed by atoms with E-state index in [-0.39, 0.29) is 27.8 Å². The lowest BCUT2D eigenvalue weighted by Crippen LogP contribution is -2.35. The summed E-state index contributed by atoms with van der Waals surface area (Å²) in [5.74, 6) is -1.59. The van der Waals surface area contributed by atoms with E-state index in [1.165, 1.54) is 26.3 Å². The van der Waals surface area contributed by atoms with Crippen LogP contribution in [0.4, 0.5) is 10.1 Å². The lowest BCUT2D eigenvalue weighted by molar-refractivity contribution is -0.116. The molecule has 25 heavy (non-hydrogen) atoms. The van der Waals surface area contributed by atoms with Crippen LogP contribution in [0, 0.1) is 5.82 Å². The fourth-order valence-electron chi connectivity index (χ4n) is 2.09. The van der Waals surface area contributed by atoms with Crippen LogP contribution in [0.15, 0.2) is 36.4 Å². The van der Waals surface area contributed by atoms with Crippen molar-refractivity contribution in [1.29, 1.82) is 0 Å². The van der Waals surface area contributed by atoms with Gasteiger partial charge in [-0.25, -0.2) is 4.39 Å². The van der Waals surface area contributed by atoms with E-state index in [2.05, 4.69) is 5.32 Å². The summed E-state index contributed by atoms with van der Waals surface area (Å²) in [5, 5.41) is 3.09. The number of benzene rings is 2. The van der Waals surface area contributed by atoms with Crippen LogP contribution < -0.4 is 10.1 Å². The molecule has 1 N–H and O–H groups in total. The van der Waals surface area contributed by atoms with Crippen molar-refractivity contribution in [3.05, 3.63) is 57.8 Å². The number of carbonyl (C=O) groups is 2. The highest BCUT2D eigenvalue weighted by Crippen LogP contribution is 2.29. The molecule has 0 aliphatic carbocycles. The van der Waals surface area contributed by atoms with E-state index >= 15 is 0 Å². The maximum Gasteiger partial charge on any atom is 0.257 e. The van der Waals surface area contributed by atoms with Crippen molar-refractivity contribution in [3.8, 4) is 5.75 Å². The van der Waals surface area contributed by atoms with E-state index in [0.717, 1.165) is 11.0 Å². The molecule has 0 bridgehead atoms. The Labute approximate surface area is 154 Å². The summed E-state index contributed by atoms with van der Waals surface area (Å²) in [4.78, 5) is 25.5. The molecule has 2 amide bonds. The first-order valence-corrected chi connectivity index (χ1v) is 7.92. The second kappa shape index (κ2) is 8.18. The summed E-state index contributed by atoms with van der Waals surface area (Å²) < 4.78 is 18.9. The van der Waals surface area contributed by atoms with Crippen molar-refractivity contribution < 1.29 is 18.7 Å². The van der Waals surface area contributed by atoms with Crippen molar-refractivity contribution in [2.45, 2.75) is 0 Å². The van der Waals surface area contributed by atoms with E-state index in [1.807, 2.05) is 0 Å². The van der Waals surface area contributed by atoms with E-state index < -0.39 is 17.6 Å². The number of carbonyl (C=O) groups excluding carboxylic acids is 2. The number of rotatable bonds is 5. The highest BCUT2D eigenvalue weighted by molar-refractivity contribution is 6.39. The molecule has 0 aliphatic rings. The molecule has 0 spiro atoms. The molecule has 2 aromatic carbocycles. The smallest absolute Gasteiger partial charge is 0.257 e. The Balaban J connectivity index is 2.07. The zero-order valence-corrected chi connectivity index (χ0v) is 15.0. The predicted molar refractivity (Wildman–Crippen MR) is 95.0 cm³/mol. The normalized spacial score (nSPS) is 10.3. The third-order valence-corrected chi connectivity index (χ3v) is 3.99. The van der Waals surface area contributed by atoms with Crippen molar-refractivity contribution in [1.82, 2.24) is 4.90 Å². The molecule has 0 saturated carbocycles. The van der Waals surface area contributed by atoms with Gasteiger partial charge in [0.05, 0.1) is 35.0 Å². The number of nitrogens with one attached hydrogen (secondary N) is 1. The lowest BCUT2D eigenvalue weighted by Gasteiger charge is -2.18. The fraction of sp³-hybridized carbons (Fsp3) is 0.176. The largest absolute Gasteiger partial charge is 0.497 e. The number of methoxy groups -OCH3 is 1. The van der Waals surface area contributed by atoms with E-state index in [4.69, 9.17) is 27.9 Å². The van der Waals surface area contributed by atoms with Crippen molar-refractivity contribution in [2.24, 2.45) is 0 Å². The lowest BCUT2D eigenvalue weighted by atomic mass is 10.1. The Morgan fingerprint density at radius 2 is 1.84 bits per heavy atom. The topological polar surface area (TPSA) is 58.6 Å². The summed E-state index contributed by atoms with van der Waals surface area (Å²) in [7, 11) is 2.78. The molecule has 132 valence electrons. The molecule has 2 aromatic rings. The summed E-state index contributed by atoms with van der Waals surface area (Å²) in [5.41, 5.74) is 0.0965. The van der Waals surface area contributed by atoms with Crippen LogP contribution in [-0.2, 0) is 4.79 Å². The average molecular weight is 385 g/mol. The summed E-state index contributed by atoms with van der Waals surface area (Å²) in [6, 6.07) is 8.66. The number of anilines is 1. The first kappa shape index (κ1) is 19.0. The van der Waals surface area contributed by atoms with Gasteiger partial charge < -0.3 is 15.0 Å². The molecule has 0 fully saturated rings. The van der Waals surface area contributed by atoms with Crippen LogP contribution in [0.25, 0.3) is 0 Å². The van der Waals surface area contributed by atoms with Crippen molar-refractivity contribution >= 4 is 40.7 Å². The minimum atomic E-state index is -0.731. The first-order valence-electron chi connectivity index (χ1n) is 7.16. The Morgan fingerprint density at radius 1 is 1.20 bits per heavy atom. The maximum absolute atomic E-state index is 14.0. The van der Waals surface area contributed by atoms with Gasteiger partial charge in [0.25, 0.3) is 5.91 Å². The van der Waals surface area contributed by atoms with Gasteiger partial charge in [-0.3, -0.25) is 9.59 Å². The Hall–Kier alpha value is -2.31. The van der Waals surface area contributed by atoms with E-state index in [1.54, 1.807) is 18.2 Å². The van der Waals surface area contributed by atoms with Gasteiger partial charge in [-0.1, -0.05) is 29.3 Å². The Kier molecular flexibility index (Phi) is 6.22. The third-order valence-electron chi connectivity index (χ3n) is 3.36. The van der Waals surface area contributed by atoms with Crippen LogP contribution in [-0.4, -0.2) is 37.4 Å². The number of ether oxygens (including phenoxy) is 1. The fourth-order valence-corrected chi connectivity index (χ4v) is 2.58. The number of hydrogen-bond donors (Lipinski definition) is 1. The molecule has 0 aliphatic heterocycles. The highest BCUT2D eigenvalue weighted by Gasteiger charge is 2.19. The minimum Gasteiger partial charge on any atom is -0.497 e. The van der Waals surface area contributed by atoms with Gasteiger partial charge in [0.1, 0.15) is 11.6 Å². The molecule has 0 heterocycles. The van der Waals surface area contributed by atoms with Crippen molar-refractivity contribution in [3.63, 3.8) is 0 Å². The molecule has 0 saturated heterocycles. The summed E-state index contributed by atoms with van der Waals surface area (Å²) in [6.07, 6.45) is 0. The molecule has 0 radical (unpaired) electrons. The zero-order chi connectivity index (χ0) is 18.6. The van der Waals surface area contributed by atoms with Gasteiger partial charge in [0.2, 0.25) is 5.91 Å². The van der Waals surface area contributed by atoms with E-state index in [9.17, 15) is 14.0 Å². The molecule has 0 unspecified atom stereocenters. The third kappa shape index (κ3) is 4.61. The van der Waals surface area contributed by atoms with Gasteiger partial charge in [-0.15, -0.1) is 0 Å². The SMILES string of the molecule is COc1ccc(C(=O)N(C)CC(=O)Nc2c(Cl)cccc2Cl)c(F)c1. The van der Waals surface area contributed by atoms with Gasteiger partial charge in [0.15, 0.2) is 0 Å². The second-order valence-electron chi connectivity index (χ2n) is 5.15. The van der Waals surface area contributed by atoms with Crippen molar-refractivity contribution in [2.75, 3.05) is 26.0 Å². The number of amides is 2. The summed E-state index contributed by atoms with van der Waals surface area (Å²) in [6.45, 7) is -0.300. The van der Waals surface area contributed by atoms with Gasteiger partial charge in [0, 0.05) is 13.1 Å². The quantitative estimate of drug-likeness (QED) is 0.851. The zero-order valence-electron chi connectivity index (χ0n) is 13.5. The van der Waals surface area contributed by atoms with Crippen LogP contribution >= 0.6 is 23.2 Å². The van der Waals surface area contributed by atoms with E-state index in [0.29, 0.717) is 5.75 Å². The monoisotopic (exact) mass is 384 g/mol. The maximum atomic E-state index is 14.0. The van der Waals surface area contributed by atoms with Crippen LogP contribution in [0.2, 0.25) is 10.0 Å². The molecule has 0 aromatic heterocycles. The number of para-hydroxylation sites is 1. The summed E-state index contributed by atoms with van der Waals surface area (Å²) >= 11 is 12.0. The Bertz CT molecular complexity index is 794. The van der Waals surface area contributed by atoms with Crippen LogP contribution in [0.3, 0.4) is 0 Å². The molecular weight excluding hydrogens is 370 g/mol. The van der Waals surface area contributed by atoms with Crippen LogP contribution in [0.5, 0.6) is 5.75 Å². The predicted octanol–water partition coefficient (Wildman–Crippen LogP) is 3.85. The highest BCUT2D eigenvalue weighted by atomic mass is 35.5. The molecule has 2 rings (SSSR count). The second-order valence-corrected chi connectivity index (χ2v) is 5.97. The molecule has 8 heteroatoms. The minimum absolute atomic E-state index is 0.160. The Morgan fingerprint density at radius 3 is 2.40 bits per heavy atom. The molecule has 5 nitrogen and oxygen atoms in total. The van der Waals surface area contributed by atoms with Gasteiger partial charge in [-0.2, -0.15) is 0 Å². The number of halogens is 3. The van der Waals surface area contributed by atoms with Gasteiger partial charge >= 0.3 is 0 Å². The van der Waals surface area contributed by atoms with Crippen LogP contribution in [0.1, 0.15) is 10.4 Å². The molecular formula is C17H15Cl2FN2O3. The standard InChI is InChI=1S/C17H15Cl2FN2O3/c1-22(17(24)11-7-6-10(25-2)8-14(11)20)9-15(23)21-16-12(18)4-3-5-13(16)19/h3-8H,9H2,1-2H3,(H,21,23). The molecule has 0 atom stereocenters. The van der Waals surface area contributed by atoms with Gasteiger partial charge in [-0.05, 0) is 24.3 Å². The average Bonchev–Trinajstić information content (AvgIpc) is 2.57.